The van der Waals surface area contributed by atoms with Gasteiger partial charge in [0.2, 0.25) is 5.91 Å². The number of piperazine rings is 1. The van der Waals surface area contributed by atoms with Crippen LogP contribution in [0.3, 0.4) is 0 Å². The molecule has 1 N–H and O–H groups in total. The first-order chi connectivity index (χ1) is 14.4. The van der Waals surface area contributed by atoms with Crippen molar-refractivity contribution in [3.63, 3.8) is 0 Å². The van der Waals surface area contributed by atoms with E-state index in [-0.39, 0.29) is 18.5 Å². The van der Waals surface area contributed by atoms with E-state index in [9.17, 15) is 18.5 Å². The Bertz CT molecular complexity index is 713. The Morgan fingerprint density at radius 3 is 2.17 bits per heavy atom. The Labute approximate surface area is 181 Å². The molecule has 0 aromatic heterocycles. The smallest absolute Gasteiger partial charge is 0.282 e. The monoisotopic (exact) mass is 439 g/mol. The van der Waals surface area contributed by atoms with Crippen molar-refractivity contribution in [3.05, 3.63) is 0 Å². The molecule has 3 aliphatic rings. The van der Waals surface area contributed by atoms with Crippen molar-refractivity contribution < 1.29 is 13.2 Å². The summed E-state index contributed by atoms with van der Waals surface area (Å²) < 4.78 is 29.1. The van der Waals surface area contributed by atoms with Crippen LogP contribution in [-0.2, 0) is 15.0 Å². The summed E-state index contributed by atoms with van der Waals surface area (Å²) in [6, 6.07) is 2.46. The second-order valence-electron chi connectivity index (χ2n) is 9.15. The van der Waals surface area contributed by atoms with E-state index in [1.165, 1.54) is 6.42 Å². The van der Waals surface area contributed by atoms with E-state index in [4.69, 9.17) is 0 Å². The SMILES string of the molecule is CN(C1CCCCC1)S(=O)(=O)N1CCN(CC(=O)NC2(C#N)CCCCCC2)CC1. The van der Waals surface area contributed by atoms with Crippen molar-refractivity contribution in [2.75, 3.05) is 39.8 Å². The molecule has 0 spiro atoms. The minimum atomic E-state index is -3.46. The van der Waals surface area contributed by atoms with Gasteiger partial charge in [0.15, 0.2) is 0 Å². The highest BCUT2D eigenvalue weighted by Crippen LogP contribution is 2.27. The summed E-state index contributed by atoms with van der Waals surface area (Å²) in [6.45, 7) is 2.08. The molecule has 1 heterocycles. The number of rotatable bonds is 6. The minimum Gasteiger partial charge on any atom is -0.337 e. The molecule has 0 aromatic carbocycles. The molecule has 170 valence electrons. The van der Waals surface area contributed by atoms with Gasteiger partial charge in [-0.2, -0.15) is 22.3 Å². The van der Waals surface area contributed by atoms with Gasteiger partial charge < -0.3 is 5.32 Å². The summed E-state index contributed by atoms with van der Waals surface area (Å²) in [7, 11) is -1.75. The fourth-order valence-corrected chi connectivity index (χ4v) is 6.62. The lowest BCUT2D eigenvalue weighted by molar-refractivity contribution is -0.124. The maximum absolute atomic E-state index is 13.0. The van der Waals surface area contributed by atoms with Crippen molar-refractivity contribution in [1.29, 1.82) is 5.26 Å². The molecule has 9 heteroatoms. The number of carbonyl (C=O) groups is 1. The summed E-state index contributed by atoms with van der Waals surface area (Å²) >= 11 is 0. The van der Waals surface area contributed by atoms with Gasteiger partial charge in [0, 0.05) is 39.3 Å². The van der Waals surface area contributed by atoms with Crippen LogP contribution in [0.25, 0.3) is 0 Å². The average molecular weight is 440 g/mol. The molecule has 3 rings (SSSR count). The Hall–Kier alpha value is -1.21. The molecule has 2 saturated carbocycles. The van der Waals surface area contributed by atoms with Crippen LogP contribution in [0, 0.1) is 11.3 Å². The van der Waals surface area contributed by atoms with Crippen LogP contribution in [0.2, 0.25) is 0 Å². The van der Waals surface area contributed by atoms with E-state index < -0.39 is 15.7 Å². The van der Waals surface area contributed by atoms with E-state index in [1.807, 2.05) is 4.90 Å². The molecule has 1 amide bonds. The van der Waals surface area contributed by atoms with Crippen LogP contribution < -0.4 is 5.32 Å². The third-order valence-electron chi connectivity index (χ3n) is 7.03. The number of hydrogen-bond donors (Lipinski definition) is 1. The Balaban J connectivity index is 1.49. The van der Waals surface area contributed by atoms with Gasteiger partial charge in [0.05, 0.1) is 12.6 Å². The molecule has 0 unspecified atom stereocenters. The van der Waals surface area contributed by atoms with Crippen LogP contribution >= 0.6 is 0 Å². The Kier molecular flexibility index (Phi) is 8.13. The van der Waals surface area contributed by atoms with Crippen molar-refractivity contribution in [2.45, 2.75) is 82.2 Å². The predicted octanol–water partition coefficient (Wildman–Crippen LogP) is 1.85. The summed E-state index contributed by atoms with van der Waals surface area (Å²) in [5.41, 5.74) is -0.735. The van der Waals surface area contributed by atoms with Gasteiger partial charge in [-0.05, 0) is 25.7 Å². The minimum absolute atomic E-state index is 0.106. The van der Waals surface area contributed by atoms with Crippen LogP contribution in [0.1, 0.15) is 70.6 Å². The first kappa shape index (κ1) is 23.5. The quantitative estimate of drug-likeness (QED) is 0.637. The normalized spacial score (nSPS) is 24.8. The maximum atomic E-state index is 13.0. The fraction of sp³-hybridized carbons (Fsp3) is 0.905. The topological polar surface area (TPSA) is 96.8 Å². The number of nitriles is 1. The standard InChI is InChI=1S/C21H37N5O3S/c1-24(19-9-5-4-6-10-19)30(28,29)26-15-13-25(14-16-26)17-20(27)23-21(18-22)11-7-2-3-8-12-21/h19H,2-17H2,1H3,(H,23,27). The third kappa shape index (κ3) is 5.72. The molecule has 0 radical (unpaired) electrons. The zero-order valence-corrected chi connectivity index (χ0v) is 19.1. The van der Waals surface area contributed by atoms with Gasteiger partial charge in [0.25, 0.3) is 10.2 Å². The van der Waals surface area contributed by atoms with E-state index >= 15 is 0 Å². The molecular weight excluding hydrogens is 402 g/mol. The van der Waals surface area contributed by atoms with Crippen molar-refractivity contribution in [2.24, 2.45) is 0 Å². The molecule has 0 aromatic rings. The number of amides is 1. The van der Waals surface area contributed by atoms with Gasteiger partial charge in [0.1, 0.15) is 5.54 Å². The average Bonchev–Trinajstić information content (AvgIpc) is 3.00. The molecule has 3 fully saturated rings. The van der Waals surface area contributed by atoms with Gasteiger partial charge in [-0.1, -0.05) is 44.9 Å². The lowest BCUT2D eigenvalue weighted by atomic mass is 9.92. The predicted molar refractivity (Wildman–Crippen MR) is 116 cm³/mol. The molecule has 8 nitrogen and oxygen atoms in total. The van der Waals surface area contributed by atoms with Crippen LogP contribution in [0.5, 0.6) is 0 Å². The van der Waals surface area contributed by atoms with Gasteiger partial charge >= 0.3 is 0 Å². The third-order valence-corrected chi connectivity index (χ3v) is 9.07. The molecule has 0 bridgehead atoms. The lowest BCUT2D eigenvalue weighted by Gasteiger charge is -2.38. The zero-order valence-electron chi connectivity index (χ0n) is 18.3. The molecule has 2 aliphatic carbocycles. The van der Waals surface area contributed by atoms with Gasteiger partial charge in [-0.3, -0.25) is 9.69 Å². The Morgan fingerprint density at radius 1 is 1.03 bits per heavy atom. The summed E-state index contributed by atoms with van der Waals surface area (Å²) in [6.07, 6.45) is 10.9. The van der Waals surface area contributed by atoms with Crippen molar-refractivity contribution in [1.82, 2.24) is 18.8 Å². The maximum Gasteiger partial charge on any atom is 0.282 e. The number of hydrogen-bond acceptors (Lipinski definition) is 5. The van der Waals surface area contributed by atoms with E-state index in [0.717, 1.165) is 64.2 Å². The molecule has 0 atom stereocenters. The highest BCUT2D eigenvalue weighted by atomic mass is 32.2. The zero-order chi connectivity index (χ0) is 21.6. The van der Waals surface area contributed by atoms with Gasteiger partial charge in [-0.15, -0.1) is 0 Å². The molecule has 1 saturated heterocycles. The Morgan fingerprint density at radius 2 is 1.60 bits per heavy atom. The van der Waals surface area contributed by atoms with E-state index in [1.54, 1.807) is 15.7 Å². The first-order valence-electron chi connectivity index (χ1n) is 11.5. The molecule has 30 heavy (non-hydrogen) atoms. The summed E-state index contributed by atoms with van der Waals surface area (Å²) in [5, 5.41) is 12.6. The lowest BCUT2D eigenvalue weighted by Crippen LogP contribution is -2.56. The number of nitrogens with zero attached hydrogens (tertiary/aromatic N) is 4. The largest absolute Gasteiger partial charge is 0.337 e. The number of nitrogens with one attached hydrogen (secondary N) is 1. The van der Waals surface area contributed by atoms with Crippen LogP contribution in [-0.4, -0.2) is 79.2 Å². The second-order valence-corrected chi connectivity index (χ2v) is 11.1. The van der Waals surface area contributed by atoms with E-state index in [2.05, 4.69) is 11.4 Å². The molecular formula is C21H37N5O3S. The molecule has 1 aliphatic heterocycles. The van der Waals surface area contributed by atoms with Gasteiger partial charge in [-0.25, -0.2) is 0 Å². The van der Waals surface area contributed by atoms with Crippen LogP contribution in [0.15, 0.2) is 0 Å². The second kappa shape index (κ2) is 10.4. The highest BCUT2D eigenvalue weighted by molar-refractivity contribution is 7.86. The van der Waals surface area contributed by atoms with Crippen LogP contribution in [0.4, 0.5) is 0 Å². The first-order valence-corrected chi connectivity index (χ1v) is 12.9. The summed E-state index contributed by atoms with van der Waals surface area (Å²) in [4.78, 5) is 14.6. The number of carbonyl (C=O) groups excluding carboxylic acids is 1. The summed E-state index contributed by atoms with van der Waals surface area (Å²) in [5.74, 6) is -0.130. The van der Waals surface area contributed by atoms with E-state index in [0.29, 0.717) is 26.2 Å². The fourth-order valence-electron chi connectivity index (χ4n) is 5.04. The van der Waals surface area contributed by atoms with Crippen molar-refractivity contribution in [3.8, 4) is 6.07 Å². The van der Waals surface area contributed by atoms with Crippen molar-refractivity contribution >= 4 is 16.1 Å². The highest BCUT2D eigenvalue weighted by Gasteiger charge is 2.36.